The molecule has 4 heterocycles. The minimum Gasteiger partial charge on any atom is -0.353 e. The Labute approximate surface area is 169 Å². The molecule has 5 aromatic rings. The molecule has 0 saturated carbocycles. The summed E-state index contributed by atoms with van der Waals surface area (Å²) >= 11 is 5.97. The molecule has 0 aliphatic heterocycles. The number of hydrogen-bond acceptors (Lipinski definition) is 3. The molecule has 0 saturated heterocycles. The molecule has 5 rings (SSSR count). The van der Waals surface area contributed by atoms with Gasteiger partial charge < -0.3 is 9.97 Å². The van der Waals surface area contributed by atoms with E-state index < -0.39 is 5.82 Å². The Morgan fingerprint density at radius 2 is 2.03 bits per heavy atom. The SMILES string of the molecule is N#Cc1ccc2[nH]c(-c3cnc4[nH]ccc4c3)c(Cc3ccc(F)c(Cl)c3)c2n1. The number of rotatable bonds is 3. The second-order valence-corrected chi connectivity index (χ2v) is 7.15. The molecule has 7 heteroatoms. The number of hydrogen-bond donors (Lipinski definition) is 2. The van der Waals surface area contributed by atoms with Crippen molar-refractivity contribution in [2.24, 2.45) is 0 Å². The predicted molar refractivity (Wildman–Crippen MR) is 110 cm³/mol. The van der Waals surface area contributed by atoms with Crippen LogP contribution in [0.3, 0.4) is 0 Å². The van der Waals surface area contributed by atoms with Crippen LogP contribution in [-0.4, -0.2) is 19.9 Å². The lowest BCUT2D eigenvalue weighted by Crippen LogP contribution is -1.94. The molecule has 0 amide bonds. The van der Waals surface area contributed by atoms with Gasteiger partial charge in [0, 0.05) is 35.3 Å². The Morgan fingerprint density at radius 1 is 1.14 bits per heavy atom. The van der Waals surface area contributed by atoms with E-state index >= 15 is 0 Å². The van der Waals surface area contributed by atoms with Crippen molar-refractivity contribution in [2.45, 2.75) is 6.42 Å². The number of aromatic nitrogens is 4. The van der Waals surface area contributed by atoms with Gasteiger partial charge >= 0.3 is 0 Å². The van der Waals surface area contributed by atoms with Crippen molar-refractivity contribution in [1.29, 1.82) is 5.26 Å². The number of halogens is 2. The standard InChI is InChI=1S/C22H13ClFN5/c23-17-8-12(1-3-18(17)24)7-16-20(14-9-13-5-6-26-22(13)27-11-14)29-19-4-2-15(10-25)28-21(16)19/h1-6,8-9,11,29H,7H2,(H,26,27). The number of fused-ring (bicyclic) bond motifs is 2. The van der Waals surface area contributed by atoms with Gasteiger partial charge in [-0.1, -0.05) is 17.7 Å². The number of benzene rings is 1. The van der Waals surface area contributed by atoms with Crippen LogP contribution in [0.4, 0.5) is 4.39 Å². The number of pyridine rings is 2. The highest BCUT2D eigenvalue weighted by atomic mass is 35.5. The Bertz CT molecular complexity index is 1430. The van der Waals surface area contributed by atoms with Gasteiger partial charge in [0.2, 0.25) is 0 Å². The van der Waals surface area contributed by atoms with Crippen LogP contribution in [0.1, 0.15) is 16.8 Å². The van der Waals surface area contributed by atoms with Crippen molar-refractivity contribution in [3.8, 4) is 17.3 Å². The van der Waals surface area contributed by atoms with Crippen LogP contribution in [0.25, 0.3) is 33.3 Å². The van der Waals surface area contributed by atoms with Crippen LogP contribution >= 0.6 is 11.6 Å². The van der Waals surface area contributed by atoms with E-state index in [0.717, 1.165) is 38.9 Å². The van der Waals surface area contributed by atoms with Gasteiger partial charge in [0.15, 0.2) is 0 Å². The molecule has 0 unspecified atom stereocenters. The van der Waals surface area contributed by atoms with Crippen LogP contribution in [0.15, 0.2) is 54.9 Å². The molecule has 0 atom stereocenters. The molecule has 4 aromatic heterocycles. The van der Waals surface area contributed by atoms with Crippen molar-refractivity contribution in [3.63, 3.8) is 0 Å². The molecular weight excluding hydrogens is 389 g/mol. The van der Waals surface area contributed by atoms with Gasteiger partial charge in [0.25, 0.3) is 0 Å². The van der Waals surface area contributed by atoms with Gasteiger partial charge in [-0.2, -0.15) is 5.26 Å². The number of aromatic amines is 2. The number of nitriles is 1. The molecule has 0 radical (unpaired) electrons. The van der Waals surface area contributed by atoms with Crippen molar-refractivity contribution in [3.05, 3.63) is 82.5 Å². The molecule has 0 spiro atoms. The van der Waals surface area contributed by atoms with Crippen LogP contribution in [-0.2, 0) is 6.42 Å². The molecule has 0 bridgehead atoms. The lowest BCUT2D eigenvalue weighted by molar-refractivity contribution is 0.627. The summed E-state index contributed by atoms with van der Waals surface area (Å²) in [4.78, 5) is 15.5. The third-order valence-corrected chi connectivity index (χ3v) is 5.20. The molecular formula is C22H13ClFN5. The summed E-state index contributed by atoms with van der Waals surface area (Å²) in [6.45, 7) is 0. The first-order chi connectivity index (χ1) is 14.1. The summed E-state index contributed by atoms with van der Waals surface area (Å²) < 4.78 is 13.6. The normalized spacial score (nSPS) is 11.2. The molecule has 5 nitrogen and oxygen atoms in total. The van der Waals surface area contributed by atoms with E-state index in [-0.39, 0.29) is 5.02 Å². The summed E-state index contributed by atoms with van der Waals surface area (Å²) in [7, 11) is 0. The molecule has 0 fully saturated rings. The smallest absolute Gasteiger partial charge is 0.141 e. The van der Waals surface area contributed by atoms with Gasteiger partial charge in [-0.3, -0.25) is 0 Å². The van der Waals surface area contributed by atoms with Gasteiger partial charge in [-0.05, 0) is 42.0 Å². The fourth-order valence-electron chi connectivity index (χ4n) is 3.53. The summed E-state index contributed by atoms with van der Waals surface area (Å²) in [5, 5.41) is 10.3. The van der Waals surface area contributed by atoms with E-state index in [1.54, 1.807) is 24.4 Å². The highest BCUT2D eigenvalue weighted by Gasteiger charge is 2.17. The molecule has 29 heavy (non-hydrogen) atoms. The zero-order valence-corrected chi connectivity index (χ0v) is 15.8. The zero-order chi connectivity index (χ0) is 20.0. The van der Waals surface area contributed by atoms with E-state index in [1.807, 2.05) is 24.4 Å². The average molecular weight is 402 g/mol. The van der Waals surface area contributed by atoms with E-state index in [0.29, 0.717) is 17.6 Å². The number of nitrogens with one attached hydrogen (secondary N) is 2. The first-order valence-corrected chi connectivity index (χ1v) is 9.29. The monoisotopic (exact) mass is 401 g/mol. The van der Waals surface area contributed by atoms with E-state index in [2.05, 4.69) is 26.0 Å². The number of nitrogens with zero attached hydrogens (tertiary/aromatic N) is 3. The zero-order valence-electron chi connectivity index (χ0n) is 15.0. The Hall–Kier alpha value is -3.69. The van der Waals surface area contributed by atoms with Crippen molar-refractivity contribution < 1.29 is 4.39 Å². The topological polar surface area (TPSA) is 81.1 Å². The predicted octanol–water partition coefficient (Wildman–Crippen LogP) is 5.36. The minimum atomic E-state index is -0.457. The maximum Gasteiger partial charge on any atom is 0.141 e. The van der Waals surface area contributed by atoms with Crippen LogP contribution < -0.4 is 0 Å². The first-order valence-electron chi connectivity index (χ1n) is 8.91. The minimum absolute atomic E-state index is 0.0740. The highest BCUT2D eigenvalue weighted by Crippen LogP contribution is 2.33. The van der Waals surface area contributed by atoms with Crippen molar-refractivity contribution in [1.82, 2.24) is 19.9 Å². The maximum absolute atomic E-state index is 13.6. The first kappa shape index (κ1) is 17.4. The van der Waals surface area contributed by atoms with Gasteiger partial charge in [0.1, 0.15) is 23.2 Å². The van der Waals surface area contributed by atoms with E-state index in [1.165, 1.54) is 6.07 Å². The lowest BCUT2D eigenvalue weighted by atomic mass is 10.0. The lowest BCUT2D eigenvalue weighted by Gasteiger charge is -2.07. The average Bonchev–Trinajstić information content (AvgIpc) is 3.34. The Balaban J connectivity index is 1.72. The van der Waals surface area contributed by atoms with Crippen molar-refractivity contribution >= 4 is 33.7 Å². The molecule has 1 aromatic carbocycles. The summed E-state index contributed by atoms with van der Waals surface area (Å²) in [5.74, 6) is -0.457. The third kappa shape index (κ3) is 3.02. The largest absolute Gasteiger partial charge is 0.353 e. The van der Waals surface area contributed by atoms with E-state index in [4.69, 9.17) is 11.6 Å². The van der Waals surface area contributed by atoms with Crippen LogP contribution in [0.5, 0.6) is 0 Å². The summed E-state index contributed by atoms with van der Waals surface area (Å²) in [5.41, 5.74) is 6.16. The summed E-state index contributed by atoms with van der Waals surface area (Å²) in [6.07, 6.45) is 4.10. The fourth-order valence-corrected chi connectivity index (χ4v) is 3.73. The summed E-state index contributed by atoms with van der Waals surface area (Å²) in [6, 6.07) is 14.3. The Kier molecular flexibility index (Phi) is 4.04. The maximum atomic E-state index is 13.6. The quantitative estimate of drug-likeness (QED) is 0.427. The highest BCUT2D eigenvalue weighted by molar-refractivity contribution is 6.30. The third-order valence-electron chi connectivity index (χ3n) is 4.91. The van der Waals surface area contributed by atoms with Crippen LogP contribution in [0.2, 0.25) is 5.02 Å². The second-order valence-electron chi connectivity index (χ2n) is 6.75. The van der Waals surface area contributed by atoms with Gasteiger partial charge in [-0.15, -0.1) is 0 Å². The number of H-pyrrole nitrogens is 2. The Morgan fingerprint density at radius 3 is 2.86 bits per heavy atom. The fraction of sp³-hybridized carbons (Fsp3) is 0.0455. The second kappa shape index (κ2) is 6.73. The van der Waals surface area contributed by atoms with E-state index in [9.17, 15) is 9.65 Å². The molecule has 2 N–H and O–H groups in total. The van der Waals surface area contributed by atoms with Gasteiger partial charge in [0.05, 0.1) is 21.7 Å². The van der Waals surface area contributed by atoms with Gasteiger partial charge in [-0.25, -0.2) is 14.4 Å². The molecule has 0 aliphatic rings. The van der Waals surface area contributed by atoms with Crippen LogP contribution in [0, 0.1) is 17.1 Å². The molecule has 0 aliphatic carbocycles. The van der Waals surface area contributed by atoms with Crippen molar-refractivity contribution in [2.75, 3.05) is 0 Å². The molecule has 140 valence electrons.